The van der Waals surface area contributed by atoms with Crippen LogP contribution < -0.4 is 9.84 Å². The molecule has 5 rings (SSSR count). The van der Waals surface area contributed by atoms with Gasteiger partial charge in [-0.15, -0.1) is 0 Å². The molecule has 1 aromatic heterocycles. The molecule has 0 amide bonds. The van der Waals surface area contributed by atoms with Gasteiger partial charge in [0.2, 0.25) is 0 Å². The van der Waals surface area contributed by atoms with Crippen LogP contribution >= 0.6 is 0 Å². The van der Waals surface area contributed by atoms with Crippen LogP contribution in [0.5, 0.6) is 5.75 Å². The maximum atomic E-state index is 10.8. The van der Waals surface area contributed by atoms with Crippen molar-refractivity contribution in [3.63, 3.8) is 0 Å². The molecule has 0 spiro atoms. The second-order valence-electron chi connectivity index (χ2n) is 8.75. The molecular weight excluding hydrogens is 426 g/mol. The van der Waals surface area contributed by atoms with Gasteiger partial charge in [-0.05, 0) is 42.4 Å². The van der Waals surface area contributed by atoms with Crippen LogP contribution in [0.1, 0.15) is 36.6 Å². The zero-order valence-corrected chi connectivity index (χ0v) is 18.9. The standard InChI is InChI=1S/C29H27NO4/c31-27(32)19-33-24-15-7-13-22(17-24)25-16-8-14-23(25)18-26-30-28(20-9-3-1-4-10-20)29(34-26)21-11-5-2-6-12-21/h1-7,9-13,15,17,23,25H,8,14,16,18-19H2,(H,31,32)/p-1. The highest BCUT2D eigenvalue weighted by Crippen LogP contribution is 2.43. The fraction of sp³-hybridized carbons (Fsp3) is 0.241. The van der Waals surface area contributed by atoms with E-state index in [2.05, 4.69) is 18.2 Å². The molecule has 5 nitrogen and oxygen atoms in total. The third-order valence-electron chi connectivity index (χ3n) is 6.49. The Hall–Kier alpha value is -3.86. The number of aliphatic carboxylic acids is 1. The van der Waals surface area contributed by atoms with Gasteiger partial charge < -0.3 is 19.1 Å². The van der Waals surface area contributed by atoms with E-state index in [4.69, 9.17) is 14.1 Å². The van der Waals surface area contributed by atoms with E-state index < -0.39 is 12.6 Å². The second kappa shape index (κ2) is 9.96. The number of oxazole rings is 1. The van der Waals surface area contributed by atoms with Gasteiger partial charge in [0.05, 0.1) is 5.97 Å². The van der Waals surface area contributed by atoms with Gasteiger partial charge in [-0.3, -0.25) is 0 Å². The summed E-state index contributed by atoms with van der Waals surface area (Å²) in [4.78, 5) is 15.7. The number of aromatic nitrogens is 1. The molecule has 5 heteroatoms. The Morgan fingerprint density at radius 1 is 0.941 bits per heavy atom. The number of hydrogen-bond acceptors (Lipinski definition) is 5. The minimum Gasteiger partial charge on any atom is -0.546 e. The highest BCUT2D eigenvalue weighted by molar-refractivity contribution is 5.76. The Kier molecular flexibility index (Phi) is 6.43. The molecule has 3 aromatic carbocycles. The van der Waals surface area contributed by atoms with E-state index in [0.717, 1.165) is 59.7 Å². The predicted octanol–water partition coefficient (Wildman–Crippen LogP) is 5.26. The third kappa shape index (κ3) is 4.88. The van der Waals surface area contributed by atoms with Crippen molar-refractivity contribution in [3.05, 3.63) is 96.4 Å². The number of nitrogens with zero attached hydrogens (tertiary/aromatic N) is 1. The fourth-order valence-electron chi connectivity index (χ4n) is 4.95. The number of ether oxygens (including phenoxy) is 1. The predicted molar refractivity (Wildman–Crippen MR) is 128 cm³/mol. The van der Waals surface area contributed by atoms with Gasteiger partial charge in [-0.25, -0.2) is 4.98 Å². The zero-order chi connectivity index (χ0) is 23.3. The molecule has 34 heavy (non-hydrogen) atoms. The summed E-state index contributed by atoms with van der Waals surface area (Å²) >= 11 is 0. The number of rotatable bonds is 8. The fourth-order valence-corrected chi connectivity index (χ4v) is 4.95. The summed E-state index contributed by atoms with van der Waals surface area (Å²) in [6.07, 6.45) is 4.06. The summed E-state index contributed by atoms with van der Waals surface area (Å²) in [7, 11) is 0. The molecule has 172 valence electrons. The van der Waals surface area contributed by atoms with Gasteiger partial charge in [-0.1, -0.05) is 79.2 Å². The van der Waals surface area contributed by atoms with Crippen molar-refractivity contribution >= 4 is 5.97 Å². The lowest BCUT2D eigenvalue weighted by Crippen LogP contribution is -2.28. The third-order valence-corrected chi connectivity index (χ3v) is 6.49. The van der Waals surface area contributed by atoms with Crippen LogP contribution in [0, 0.1) is 5.92 Å². The Morgan fingerprint density at radius 2 is 1.68 bits per heavy atom. The van der Waals surface area contributed by atoms with Crippen LogP contribution in [0.4, 0.5) is 0 Å². The second-order valence-corrected chi connectivity index (χ2v) is 8.75. The first-order valence-electron chi connectivity index (χ1n) is 11.7. The monoisotopic (exact) mass is 452 g/mol. The van der Waals surface area contributed by atoms with Crippen LogP contribution in [0.15, 0.2) is 89.3 Å². The van der Waals surface area contributed by atoms with Gasteiger partial charge in [0.15, 0.2) is 11.7 Å². The van der Waals surface area contributed by atoms with Crippen molar-refractivity contribution in [1.29, 1.82) is 0 Å². The maximum absolute atomic E-state index is 10.8. The van der Waals surface area contributed by atoms with E-state index in [-0.39, 0.29) is 0 Å². The normalized spacial score (nSPS) is 17.5. The number of carboxylic acids is 1. The minimum atomic E-state index is -1.23. The molecule has 1 saturated carbocycles. The van der Waals surface area contributed by atoms with Gasteiger partial charge in [0, 0.05) is 17.5 Å². The first-order chi connectivity index (χ1) is 16.7. The van der Waals surface area contributed by atoms with E-state index in [0.29, 0.717) is 17.6 Å². The number of carbonyl (C=O) groups is 1. The van der Waals surface area contributed by atoms with Gasteiger partial charge in [-0.2, -0.15) is 0 Å². The minimum absolute atomic E-state index is 0.346. The molecule has 1 heterocycles. The lowest BCUT2D eigenvalue weighted by molar-refractivity contribution is -0.307. The Morgan fingerprint density at radius 3 is 2.41 bits per heavy atom. The van der Waals surface area contributed by atoms with E-state index in [9.17, 15) is 9.90 Å². The molecule has 1 fully saturated rings. The molecule has 0 radical (unpaired) electrons. The van der Waals surface area contributed by atoms with Crippen LogP contribution in [0.2, 0.25) is 0 Å². The first-order valence-corrected chi connectivity index (χ1v) is 11.7. The Labute approximate surface area is 199 Å². The highest BCUT2D eigenvalue weighted by Gasteiger charge is 2.31. The number of carbonyl (C=O) groups excluding carboxylic acids is 1. The SMILES string of the molecule is O=C([O-])COc1cccc(C2CCCC2Cc2nc(-c3ccccc3)c(-c3ccccc3)o2)c1. The quantitative estimate of drug-likeness (QED) is 0.364. The summed E-state index contributed by atoms with van der Waals surface area (Å²) in [5.74, 6) is 1.62. The van der Waals surface area contributed by atoms with Crippen molar-refractivity contribution in [1.82, 2.24) is 4.98 Å². The molecule has 1 aliphatic rings. The summed E-state index contributed by atoms with van der Waals surface area (Å²) < 4.78 is 11.7. The summed E-state index contributed by atoms with van der Waals surface area (Å²) in [5, 5.41) is 10.8. The molecule has 0 N–H and O–H groups in total. The van der Waals surface area contributed by atoms with Crippen molar-refractivity contribution in [2.24, 2.45) is 5.92 Å². The summed E-state index contributed by atoms with van der Waals surface area (Å²) in [6.45, 7) is -0.446. The number of hydrogen-bond donors (Lipinski definition) is 0. The molecule has 4 aromatic rings. The van der Waals surface area contributed by atoms with Gasteiger partial charge in [0.1, 0.15) is 18.1 Å². The Balaban J connectivity index is 1.41. The van der Waals surface area contributed by atoms with E-state index >= 15 is 0 Å². The lowest BCUT2D eigenvalue weighted by Gasteiger charge is -2.19. The number of benzene rings is 3. The van der Waals surface area contributed by atoms with Crippen molar-refractivity contribution in [2.75, 3.05) is 6.61 Å². The molecule has 0 saturated heterocycles. The topological polar surface area (TPSA) is 75.4 Å². The summed E-state index contributed by atoms with van der Waals surface area (Å²) in [6, 6.07) is 28.0. The van der Waals surface area contributed by atoms with Crippen LogP contribution in [-0.4, -0.2) is 17.6 Å². The van der Waals surface area contributed by atoms with E-state index in [1.165, 1.54) is 0 Å². The van der Waals surface area contributed by atoms with Crippen LogP contribution in [0.3, 0.4) is 0 Å². The van der Waals surface area contributed by atoms with E-state index in [1.54, 1.807) is 6.07 Å². The molecule has 2 unspecified atom stereocenters. The number of carboxylic acid groups (broad SMARTS) is 1. The lowest BCUT2D eigenvalue weighted by atomic mass is 9.86. The average molecular weight is 453 g/mol. The van der Waals surface area contributed by atoms with Crippen molar-refractivity contribution in [2.45, 2.75) is 31.6 Å². The molecule has 1 aliphatic carbocycles. The molecule has 0 bridgehead atoms. The van der Waals surface area contributed by atoms with Gasteiger partial charge >= 0.3 is 0 Å². The van der Waals surface area contributed by atoms with Crippen molar-refractivity contribution < 1.29 is 19.1 Å². The molecule has 2 atom stereocenters. The zero-order valence-electron chi connectivity index (χ0n) is 18.9. The van der Waals surface area contributed by atoms with E-state index in [1.807, 2.05) is 60.7 Å². The Bertz CT molecular complexity index is 1190. The highest BCUT2D eigenvalue weighted by atomic mass is 16.5. The average Bonchev–Trinajstić information content (AvgIpc) is 3.52. The smallest absolute Gasteiger partial charge is 0.195 e. The summed E-state index contributed by atoms with van der Waals surface area (Å²) in [5.41, 5.74) is 4.09. The molecule has 0 aliphatic heterocycles. The first kappa shape index (κ1) is 22.0. The molecular formula is C29H26NO4-. The maximum Gasteiger partial charge on any atom is 0.195 e. The largest absolute Gasteiger partial charge is 0.546 e. The van der Waals surface area contributed by atoms with Crippen molar-refractivity contribution in [3.8, 4) is 28.3 Å². The van der Waals surface area contributed by atoms with Gasteiger partial charge in [0.25, 0.3) is 0 Å². The van der Waals surface area contributed by atoms with Crippen LogP contribution in [-0.2, 0) is 11.2 Å². The van der Waals surface area contributed by atoms with Crippen LogP contribution in [0.25, 0.3) is 22.6 Å².